The van der Waals surface area contributed by atoms with Gasteiger partial charge in [0.25, 0.3) is 0 Å². The maximum absolute atomic E-state index is 5.83. The number of nitrogens with one attached hydrogen (secondary N) is 1. The Morgan fingerprint density at radius 3 is 2.33 bits per heavy atom. The van der Waals surface area contributed by atoms with Gasteiger partial charge in [-0.25, -0.2) is 0 Å². The summed E-state index contributed by atoms with van der Waals surface area (Å²) in [5.74, 6) is 0. The predicted octanol–water partition coefficient (Wildman–Crippen LogP) is 4.11. The molecule has 1 heterocycles. The summed E-state index contributed by atoms with van der Waals surface area (Å²) < 4.78 is 0. The molecule has 0 atom stereocenters. The molecule has 1 aromatic carbocycles. The number of aromatic nitrogens is 1. The highest BCUT2D eigenvalue weighted by atomic mass is 127. The van der Waals surface area contributed by atoms with E-state index in [4.69, 9.17) is 11.6 Å². The number of rotatable bonds is 4. The van der Waals surface area contributed by atoms with Crippen molar-refractivity contribution in [2.45, 2.75) is 6.54 Å². The molecule has 18 heavy (non-hydrogen) atoms. The monoisotopic (exact) mass is 372 g/mol. The molecule has 0 spiro atoms. The third kappa shape index (κ3) is 4.31. The van der Waals surface area contributed by atoms with E-state index in [-0.39, 0.29) is 24.0 Å². The first-order valence-electron chi connectivity index (χ1n) is 5.33. The van der Waals surface area contributed by atoms with E-state index < -0.39 is 0 Å². The number of pyridine rings is 1. The molecule has 0 radical (unpaired) electrons. The quantitative estimate of drug-likeness (QED) is 0.817. The molecule has 4 heteroatoms. The van der Waals surface area contributed by atoms with Crippen LogP contribution in [0.1, 0.15) is 11.1 Å². The van der Waals surface area contributed by atoms with Crippen molar-refractivity contribution in [3.63, 3.8) is 0 Å². The summed E-state index contributed by atoms with van der Waals surface area (Å²) in [5.41, 5.74) is 3.11. The summed E-state index contributed by atoms with van der Waals surface area (Å²) in [6, 6.07) is 11.6. The predicted molar refractivity (Wildman–Crippen MR) is 87.0 cm³/mol. The number of hydrogen-bond donors (Lipinski definition) is 1. The fourth-order valence-corrected chi connectivity index (χ4v) is 1.59. The van der Waals surface area contributed by atoms with Gasteiger partial charge in [-0.05, 0) is 35.4 Å². The van der Waals surface area contributed by atoms with Crippen molar-refractivity contribution in [3.05, 3.63) is 71.5 Å². The van der Waals surface area contributed by atoms with Crippen LogP contribution in [0.25, 0.3) is 5.70 Å². The topological polar surface area (TPSA) is 24.9 Å². The minimum Gasteiger partial charge on any atom is -0.381 e. The summed E-state index contributed by atoms with van der Waals surface area (Å²) in [6.45, 7) is 4.74. The first-order chi connectivity index (χ1) is 8.25. The van der Waals surface area contributed by atoms with E-state index in [1.165, 1.54) is 5.56 Å². The van der Waals surface area contributed by atoms with Gasteiger partial charge in [-0.2, -0.15) is 0 Å². The van der Waals surface area contributed by atoms with Crippen LogP contribution < -0.4 is 5.32 Å². The smallest absolute Gasteiger partial charge is 0.0406 e. The molecule has 0 aliphatic rings. The van der Waals surface area contributed by atoms with Gasteiger partial charge >= 0.3 is 0 Å². The second kappa shape index (κ2) is 7.38. The Morgan fingerprint density at radius 2 is 1.72 bits per heavy atom. The molecular weight excluding hydrogens is 359 g/mol. The fourth-order valence-electron chi connectivity index (χ4n) is 1.46. The fraction of sp³-hybridized carbons (Fsp3) is 0.0714. The van der Waals surface area contributed by atoms with E-state index in [1.54, 1.807) is 12.4 Å². The zero-order valence-corrected chi connectivity index (χ0v) is 12.9. The van der Waals surface area contributed by atoms with E-state index in [1.807, 2.05) is 36.4 Å². The minimum absolute atomic E-state index is 0. The van der Waals surface area contributed by atoms with Crippen LogP contribution in [0.4, 0.5) is 0 Å². The van der Waals surface area contributed by atoms with Crippen LogP contribution in [0, 0.1) is 0 Å². The average molecular weight is 373 g/mol. The highest BCUT2D eigenvalue weighted by molar-refractivity contribution is 14.0. The summed E-state index contributed by atoms with van der Waals surface area (Å²) in [6.07, 6.45) is 3.56. The van der Waals surface area contributed by atoms with Crippen molar-refractivity contribution in [3.8, 4) is 0 Å². The summed E-state index contributed by atoms with van der Waals surface area (Å²) in [7, 11) is 0. The molecule has 2 nitrogen and oxygen atoms in total. The molecule has 0 fully saturated rings. The molecule has 0 bridgehead atoms. The Hall–Kier alpha value is -1.07. The third-order valence-corrected chi connectivity index (χ3v) is 2.70. The van der Waals surface area contributed by atoms with E-state index in [0.717, 1.165) is 22.8 Å². The van der Waals surface area contributed by atoms with E-state index in [2.05, 4.69) is 16.9 Å². The zero-order chi connectivity index (χ0) is 12.1. The van der Waals surface area contributed by atoms with Crippen molar-refractivity contribution >= 4 is 41.3 Å². The Morgan fingerprint density at radius 1 is 1.11 bits per heavy atom. The Bertz CT molecular complexity index is 497. The maximum atomic E-state index is 5.83. The van der Waals surface area contributed by atoms with E-state index >= 15 is 0 Å². The molecule has 0 amide bonds. The third-order valence-electron chi connectivity index (χ3n) is 2.45. The normalized spacial score (nSPS) is 9.39. The van der Waals surface area contributed by atoms with E-state index in [9.17, 15) is 0 Å². The molecule has 0 unspecified atom stereocenters. The summed E-state index contributed by atoms with van der Waals surface area (Å²) >= 11 is 5.83. The Labute approximate surface area is 129 Å². The number of nitrogens with zero attached hydrogens (tertiary/aromatic N) is 1. The van der Waals surface area contributed by atoms with Gasteiger partial charge in [0.2, 0.25) is 0 Å². The van der Waals surface area contributed by atoms with Crippen molar-refractivity contribution in [2.75, 3.05) is 0 Å². The van der Waals surface area contributed by atoms with Crippen LogP contribution in [0.15, 0.2) is 55.4 Å². The first-order valence-corrected chi connectivity index (χ1v) is 5.71. The van der Waals surface area contributed by atoms with Gasteiger partial charge in [-0.3, -0.25) is 4.98 Å². The first kappa shape index (κ1) is 15.0. The molecule has 1 N–H and O–H groups in total. The Balaban J connectivity index is 0.00000162. The van der Waals surface area contributed by atoms with Gasteiger partial charge in [-0.15, -0.1) is 24.0 Å². The number of hydrogen-bond acceptors (Lipinski definition) is 2. The second-order valence-corrected chi connectivity index (χ2v) is 4.13. The molecule has 0 aliphatic carbocycles. The molecule has 0 saturated heterocycles. The molecule has 1 aromatic heterocycles. The standard InChI is InChI=1S/C14H13ClN2.HI/c1-11(13-2-4-14(15)5-3-13)17-10-12-6-8-16-9-7-12;/h2-9,17H,1,10H2;1H. The lowest BCUT2D eigenvalue weighted by atomic mass is 10.1. The largest absolute Gasteiger partial charge is 0.381 e. The van der Waals surface area contributed by atoms with Gasteiger partial charge in [0.1, 0.15) is 0 Å². The summed E-state index contributed by atoms with van der Waals surface area (Å²) in [4.78, 5) is 3.98. The summed E-state index contributed by atoms with van der Waals surface area (Å²) in [5, 5.41) is 4.00. The van der Waals surface area contributed by atoms with Crippen LogP contribution in [-0.2, 0) is 6.54 Å². The average Bonchev–Trinajstić information content (AvgIpc) is 2.38. The Kier molecular flexibility index (Phi) is 6.15. The van der Waals surface area contributed by atoms with Crippen molar-refractivity contribution < 1.29 is 0 Å². The van der Waals surface area contributed by atoms with Crippen LogP contribution >= 0.6 is 35.6 Å². The lowest BCUT2D eigenvalue weighted by Gasteiger charge is -2.09. The SMILES string of the molecule is C=C(NCc1ccncc1)c1ccc(Cl)cc1.I. The lowest BCUT2D eigenvalue weighted by molar-refractivity contribution is 0.888. The molecule has 94 valence electrons. The molecule has 2 aromatic rings. The van der Waals surface area contributed by atoms with Crippen LogP contribution in [-0.4, -0.2) is 4.98 Å². The highest BCUT2D eigenvalue weighted by Crippen LogP contribution is 2.14. The van der Waals surface area contributed by atoms with Gasteiger partial charge in [0.05, 0.1) is 0 Å². The molecule has 0 saturated carbocycles. The number of halogens is 2. The van der Waals surface area contributed by atoms with Gasteiger partial charge < -0.3 is 5.32 Å². The van der Waals surface area contributed by atoms with Crippen LogP contribution in [0.3, 0.4) is 0 Å². The van der Waals surface area contributed by atoms with Gasteiger partial charge in [0.15, 0.2) is 0 Å². The minimum atomic E-state index is 0. The second-order valence-electron chi connectivity index (χ2n) is 3.69. The lowest BCUT2D eigenvalue weighted by Crippen LogP contribution is -2.10. The van der Waals surface area contributed by atoms with E-state index in [0.29, 0.717) is 0 Å². The molecular formula is C14H14ClIN2. The van der Waals surface area contributed by atoms with Gasteiger partial charge in [0, 0.05) is 29.7 Å². The van der Waals surface area contributed by atoms with Gasteiger partial charge in [-0.1, -0.05) is 30.3 Å². The maximum Gasteiger partial charge on any atom is 0.0406 e. The van der Waals surface area contributed by atoms with Crippen molar-refractivity contribution in [1.29, 1.82) is 0 Å². The zero-order valence-electron chi connectivity index (χ0n) is 9.77. The van der Waals surface area contributed by atoms with Crippen LogP contribution in [0.5, 0.6) is 0 Å². The van der Waals surface area contributed by atoms with Crippen LogP contribution in [0.2, 0.25) is 5.02 Å². The number of benzene rings is 1. The van der Waals surface area contributed by atoms with Crippen molar-refractivity contribution in [1.82, 2.24) is 10.3 Å². The highest BCUT2D eigenvalue weighted by Gasteiger charge is 1.98. The molecule has 0 aliphatic heterocycles. The molecule has 2 rings (SSSR count). The van der Waals surface area contributed by atoms with Crippen molar-refractivity contribution in [2.24, 2.45) is 0 Å².